The van der Waals surface area contributed by atoms with Crippen molar-refractivity contribution < 1.29 is 9.32 Å². The minimum absolute atomic E-state index is 0.0680. The van der Waals surface area contributed by atoms with E-state index in [1.54, 1.807) is 6.07 Å². The zero-order valence-corrected chi connectivity index (χ0v) is 11.9. The standard InChI is InChI=1S/C14H13BrN2O2/c15-12-5-1-3-10-9-17(7-2-4-11(10)12)14(18)13-6-8-19-16-13/h1,3,5-6,8H,2,4,7,9H2. The van der Waals surface area contributed by atoms with Crippen LogP contribution < -0.4 is 0 Å². The first-order chi connectivity index (χ1) is 9.25. The quantitative estimate of drug-likeness (QED) is 0.811. The molecule has 2 heterocycles. The molecule has 0 spiro atoms. The summed E-state index contributed by atoms with van der Waals surface area (Å²) in [6, 6.07) is 7.74. The molecule has 19 heavy (non-hydrogen) atoms. The third-order valence-electron chi connectivity index (χ3n) is 3.38. The highest BCUT2D eigenvalue weighted by Gasteiger charge is 2.22. The Kier molecular flexibility index (Phi) is 3.38. The fraction of sp³-hybridized carbons (Fsp3) is 0.286. The maximum absolute atomic E-state index is 12.3. The molecule has 1 aliphatic rings. The first-order valence-electron chi connectivity index (χ1n) is 6.21. The van der Waals surface area contributed by atoms with E-state index in [4.69, 9.17) is 4.52 Å². The minimum Gasteiger partial charge on any atom is -0.364 e. The van der Waals surface area contributed by atoms with Crippen LogP contribution in [0.5, 0.6) is 0 Å². The van der Waals surface area contributed by atoms with Crippen molar-refractivity contribution in [1.29, 1.82) is 0 Å². The predicted octanol–water partition coefficient (Wildman–Crippen LogP) is 3.03. The Hall–Kier alpha value is -1.62. The molecule has 3 rings (SSSR count). The van der Waals surface area contributed by atoms with E-state index in [-0.39, 0.29) is 5.91 Å². The van der Waals surface area contributed by atoms with Gasteiger partial charge in [-0.15, -0.1) is 0 Å². The molecule has 98 valence electrons. The van der Waals surface area contributed by atoms with Crippen molar-refractivity contribution >= 4 is 21.8 Å². The molecule has 0 aliphatic carbocycles. The largest absolute Gasteiger partial charge is 0.364 e. The third-order valence-corrected chi connectivity index (χ3v) is 4.12. The summed E-state index contributed by atoms with van der Waals surface area (Å²) in [6.07, 6.45) is 3.37. The number of hydrogen-bond donors (Lipinski definition) is 0. The van der Waals surface area contributed by atoms with Crippen LogP contribution in [-0.2, 0) is 13.0 Å². The summed E-state index contributed by atoms with van der Waals surface area (Å²) in [5, 5.41) is 3.72. The van der Waals surface area contributed by atoms with Crippen LogP contribution >= 0.6 is 15.9 Å². The molecule has 1 aromatic heterocycles. The summed E-state index contributed by atoms with van der Waals surface area (Å²) < 4.78 is 5.87. The van der Waals surface area contributed by atoms with E-state index in [1.807, 2.05) is 17.0 Å². The van der Waals surface area contributed by atoms with E-state index in [0.29, 0.717) is 12.2 Å². The average Bonchev–Trinajstić information content (AvgIpc) is 2.85. The summed E-state index contributed by atoms with van der Waals surface area (Å²) in [5.41, 5.74) is 2.88. The van der Waals surface area contributed by atoms with Crippen LogP contribution in [0.2, 0.25) is 0 Å². The van der Waals surface area contributed by atoms with Crippen LogP contribution in [0.25, 0.3) is 0 Å². The van der Waals surface area contributed by atoms with Gasteiger partial charge >= 0.3 is 0 Å². The lowest BCUT2D eigenvalue weighted by Gasteiger charge is -2.19. The summed E-state index contributed by atoms with van der Waals surface area (Å²) in [7, 11) is 0. The topological polar surface area (TPSA) is 46.3 Å². The van der Waals surface area contributed by atoms with Gasteiger partial charge in [-0.1, -0.05) is 33.2 Å². The Morgan fingerprint density at radius 2 is 2.26 bits per heavy atom. The molecule has 0 radical (unpaired) electrons. The predicted molar refractivity (Wildman–Crippen MR) is 73.7 cm³/mol. The molecule has 1 amide bonds. The Labute approximate surface area is 119 Å². The lowest BCUT2D eigenvalue weighted by molar-refractivity contribution is 0.0735. The number of benzene rings is 1. The molecule has 0 unspecified atom stereocenters. The Morgan fingerprint density at radius 3 is 3.05 bits per heavy atom. The number of carbonyl (C=O) groups excluding carboxylic acids is 1. The number of fused-ring (bicyclic) bond motifs is 1. The molecule has 0 bridgehead atoms. The van der Waals surface area contributed by atoms with Gasteiger partial charge in [-0.25, -0.2) is 0 Å². The van der Waals surface area contributed by atoms with Gasteiger partial charge in [0, 0.05) is 23.6 Å². The van der Waals surface area contributed by atoms with Crippen molar-refractivity contribution in [3.05, 3.63) is 51.8 Å². The Balaban J connectivity index is 1.88. The van der Waals surface area contributed by atoms with Gasteiger partial charge in [0.2, 0.25) is 0 Å². The molecule has 5 heteroatoms. The fourth-order valence-electron chi connectivity index (χ4n) is 2.42. The molecule has 0 N–H and O–H groups in total. The SMILES string of the molecule is O=C(c1ccon1)N1CCCc2c(Br)cccc2C1. The van der Waals surface area contributed by atoms with Crippen LogP contribution in [0.4, 0.5) is 0 Å². The molecular weight excluding hydrogens is 308 g/mol. The number of hydrogen-bond acceptors (Lipinski definition) is 3. The zero-order valence-electron chi connectivity index (χ0n) is 10.3. The van der Waals surface area contributed by atoms with Crippen LogP contribution in [0.15, 0.2) is 39.5 Å². The number of halogens is 1. The number of nitrogens with zero attached hydrogens (tertiary/aromatic N) is 2. The maximum Gasteiger partial charge on any atom is 0.276 e. The first-order valence-corrected chi connectivity index (χ1v) is 7.01. The highest BCUT2D eigenvalue weighted by Crippen LogP contribution is 2.26. The van der Waals surface area contributed by atoms with Gasteiger partial charge in [-0.2, -0.15) is 0 Å². The van der Waals surface area contributed by atoms with Crippen molar-refractivity contribution in [2.24, 2.45) is 0 Å². The van der Waals surface area contributed by atoms with Gasteiger partial charge in [0.25, 0.3) is 5.91 Å². The summed E-state index contributed by atoms with van der Waals surface area (Å²) >= 11 is 3.58. The van der Waals surface area contributed by atoms with Crippen molar-refractivity contribution in [3.63, 3.8) is 0 Å². The third kappa shape index (κ3) is 2.42. The summed E-state index contributed by atoms with van der Waals surface area (Å²) in [4.78, 5) is 14.1. The molecule has 0 fully saturated rings. The maximum atomic E-state index is 12.3. The normalized spacial score (nSPS) is 14.9. The molecular formula is C14H13BrN2O2. The highest BCUT2D eigenvalue weighted by molar-refractivity contribution is 9.10. The molecule has 0 atom stereocenters. The molecule has 1 aromatic carbocycles. The molecule has 0 saturated heterocycles. The van der Waals surface area contributed by atoms with Gasteiger partial charge < -0.3 is 9.42 Å². The van der Waals surface area contributed by atoms with E-state index >= 15 is 0 Å². The van der Waals surface area contributed by atoms with E-state index in [9.17, 15) is 4.79 Å². The smallest absolute Gasteiger partial charge is 0.276 e. The van der Waals surface area contributed by atoms with Crippen LogP contribution in [0.1, 0.15) is 28.0 Å². The van der Waals surface area contributed by atoms with Gasteiger partial charge in [-0.05, 0) is 30.0 Å². The first kappa shape index (κ1) is 12.4. The number of aromatic nitrogens is 1. The number of amides is 1. The molecule has 1 aliphatic heterocycles. The summed E-state index contributed by atoms with van der Waals surface area (Å²) in [6.45, 7) is 1.37. The minimum atomic E-state index is -0.0680. The van der Waals surface area contributed by atoms with Crippen molar-refractivity contribution in [1.82, 2.24) is 10.1 Å². The van der Waals surface area contributed by atoms with Crippen molar-refractivity contribution in [2.75, 3.05) is 6.54 Å². The van der Waals surface area contributed by atoms with Gasteiger partial charge in [0.1, 0.15) is 6.26 Å². The lowest BCUT2D eigenvalue weighted by atomic mass is 10.0. The number of carbonyl (C=O) groups is 1. The van der Waals surface area contributed by atoms with Crippen LogP contribution in [0.3, 0.4) is 0 Å². The Bertz CT molecular complexity index is 595. The van der Waals surface area contributed by atoms with Gasteiger partial charge in [0.05, 0.1) is 0 Å². The second kappa shape index (κ2) is 5.17. The average molecular weight is 321 g/mol. The van der Waals surface area contributed by atoms with E-state index in [1.165, 1.54) is 17.4 Å². The van der Waals surface area contributed by atoms with E-state index in [0.717, 1.165) is 23.9 Å². The lowest BCUT2D eigenvalue weighted by Crippen LogP contribution is -2.30. The van der Waals surface area contributed by atoms with Crippen molar-refractivity contribution in [2.45, 2.75) is 19.4 Å². The van der Waals surface area contributed by atoms with Crippen LogP contribution in [0, 0.1) is 0 Å². The van der Waals surface area contributed by atoms with Crippen molar-refractivity contribution in [3.8, 4) is 0 Å². The molecule has 4 nitrogen and oxygen atoms in total. The zero-order chi connectivity index (χ0) is 13.2. The fourth-order valence-corrected chi connectivity index (χ4v) is 3.03. The molecule has 0 saturated carbocycles. The van der Waals surface area contributed by atoms with Gasteiger partial charge in [-0.3, -0.25) is 4.79 Å². The van der Waals surface area contributed by atoms with E-state index < -0.39 is 0 Å². The highest BCUT2D eigenvalue weighted by atomic mass is 79.9. The second-order valence-corrected chi connectivity index (χ2v) is 5.45. The van der Waals surface area contributed by atoms with E-state index in [2.05, 4.69) is 27.2 Å². The molecule has 2 aromatic rings. The number of rotatable bonds is 1. The van der Waals surface area contributed by atoms with Gasteiger partial charge in [0.15, 0.2) is 5.69 Å². The monoisotopic (exact) mass is 320 g/mol. The summed E-state index contributed by atoms with van der Waals surface area (Å²) in [5.74, 6) is -0.0680. The van der Waals surface area contributed by atoms with Crippen LogP contribution in [-0.4, -0.2) is 22.5 Å². The second-order valence-electron chi connectivity index (χ2n) is 4.59. The Morgan fingerprint density at radius 1 is 1.37 bits per heavy atom.